The van der Waals surface area contributed by atoms with Crippen molar-refractivity contribution < 1.29 is 89.0 Å². The fraction of sp³-hybridized carbons (Fsp3) is 0.818. The zero-order chi connectivity index (χ0) is 80.2. The van der Waals surface area contributed by atoms with Gasteiger partial charge in [-0.25, -0.2) is 8.78 Å². The van der Waals surface area contributed by atoms with Gasteiger partial charge in [0, 0.05) is 88.6 Å². The Hall–Kier alpha value is -7.05. The molecular weight excluding hydrogens is 1410 g/mol. The largest absolute Gasteiger partial charge is 0.397 e. The number of nitrogens with zero attached hydrogens (tertiary/aromatic N) is 9. The molecule has 6 fully saturated rings. The number of hydrogen-bond donors (Lipinski definition) is 3. The first kappa shape index (κ1) is 88.2. The Morgan fingerprint density at radius 1 is 0.676 bits per heavy atom. The summed E-state index contributed by atoms with van der Waals surface area (Å²) in [7, 11) is 9.61. The number of likely N-dealkylation sites (N-methyl/N-ethyl adjacent to an activating group) is 7. The van der Waals surface area contributed by atoms with Crippen LogP contribution in [0.5, 0.6) is 0 Å². The van der Waals surface area contributed by atoms with Crippen LogP contribution in [0.15, 0.2) is 12.2 Å². The van der Waals surface area contributed by atoms with Crippen molar-refractivity contribution >= 4 is 70.9 Å². The van der Waals surface area contributed by atoms with Crippen LogP contribution in [0.4, 0.5) is 22.0 Å². The number of alkyl halides is 5. The second-order valence-electron chi connectivity index (χ2n) is 32.8. The smallest absolute Gasteiger partial charge is 0.382 e. The van der Waals surface area contributed by atoms with Crippen LogP contribution in [0.2, 0.25) is 0 Å². The lowest BCUT2D eigenvalue weighted by Gasteiger charge is -2.54. The van der Waals surface area contributed by atoms with E-state index in [1.165, 1.54) is 73.9 Å². The number of carbonyl (C=O) groups excluding carboxylic acids is 12. The van der Waals surface area contributed by atoms with E-state index in [4.69, 9.17) is 9.47 Å². The summed E-state index contributed by atoms with van der Waals surface area (Å²) in [6.07, 6.45) is -4.15. The van der Waals surface area contributed by atoms with Gasteiger partial charge in [0.2, 0.25) is 70.9 Å². The van der Waals surface area contributed by atoms with Crippen molar-refractivity contribution in [3.8, 4) is 0 Å². The Balaban J connectivity index is 1.34. The molecule has 0 aromatic heterocycles. The highest BCUT2D eigenvalue weighted by molar-refractivity contribution is 6.01. The summed E-state index contributed by atoms with van der Waals surface area (Å²) in [5.74, 6) is -13.4. The molecular formula is C77H123F5N12O14. The highest BCUT2D eigenvalue weighted by atomic mass is 19.4. The lowest BCUT2D eigenvalue weighted by Crippen LogP contribution is -2.71. The molecule has 4 saturated carbocycles. The molecule has 31 heteroatoms. The fourth-order valence-electron chi connectivity index (χ4n) is 17.9. The summed E-state index contributed by atoms with van der Waals surface area (Å²) in [5.41, 5.74) is -2.30. The maximum atomic E-state index is 15.9. The van der Waals surface area contributed by atoms with E-state index < -0.39 is 224 Å². The molecule has 7 rings (SSSR count). The lowest BCUT2D eigenvalue weighted by molar-refractivity contribution is -0.219. The average molecular weight is 1540 g/mol. The van der Waals surface area contributed by atoms with Crippen LogP contribution in [-0.2, 0) is 67.0 Å². The van der Waals surface area contributed by atoms with Gasteiger partial charge in [-0.3, -0.25) is 57.5 Å². The summed E-state index contributed by atoms with van der Waals surface area (Å²) in [6.45, 7) is 13.1. The zero-order valence-electron chi connectivity index (χ0n) is 66.4. The van der Waals surface area contributed by atoms with Gasteiger partial charge in [-0.05, 0) is 126 Å². The van der Waals surface area contributed by atoms with Gasteiger partial charge < -0.3 is 69.5 Å². The van der Waals surface area contributed by atoms with Crippen molar-refractivity contribution in [2.45, 2.75) is 262 Å². The molecule has 0 aromatic carbocycles. The minimum absolute atomic E-state index is 0.00246. The summed E-state index contributed by atoms with van der Waals surface area (Å²) in [5, 5.41) is 8.58. The molecule has 7 aliphatic rings. The molecule has 12 amide bonds. The third-order valence-corrected chi connectivity index (χ3v) is 24.4. The number of carbonyl (C=O) groups is 12. The van der Waals surface area contributed by atoms with Gasteiger partial charge in [-0.1, -0.05) is 91.7 Å². The molecule has 1 spiro atoms. The molecule has 2 unspecified atom stereocenters. The van der Waals surface area contributed by atoms with E-state index in [-0.39, 0.29) is 77.2 Å². The van der Waals surface area contributed by atoms with Crippen LogP contribution in [0, 0.1) is 40.9 Å². The lowest BCUT2D eigenvalue weighted by atomic mass is 9.58. The molecule has 26 nitrogen and oxygen atoms in total. The van der Waals surface area contributed by atoms with E-state index in [9.17, 15) is 41.9 Å². The van der Waals surface area contributed by atoms with E-state index in [0.717, 1.165) is 45.3 Å². The Morgan fingerprint density at radius 2 is 1.30 bits per heavy atom. The number of methoxy groups -OCH3 is 1. The molecule has 2 bridgehead atoms. The van der Waals surface area contributed by atoms with Crippen molar-refractivity contribution in [3.63, 3.8) is 0 Å². The van der Waals surface area contributed by atoms with Crippen molar-refractivity contribution in [2.75, 3.05) is 102 Å². The maximum absolute atomic E-state index is 15.9. The number of amides is 12. The van der Waals surface area contributed by atoms with Crippen LogP contribution >= 0.6 is 0 Å². The Morgan fingerprint density at radius 3 is 1.87 bits per heavy atom. The monoisotopic (exact) mass is 1530 g/mol. The molecule has 2 saturated heterocycles. The molecule has 3 heterocycles. The summed E-state index contributed by atoms with van der Waals surface area (Å²) in [4.78, 5) is 194. The molecule has 0 radical (unpaired) electrons. The first-order valence-corrected chi connectivity index (χ1v) is 39.3. The summed E-state index contributed by atoms with van der Waals surface area (Å²) >= 11 is 0. The van der Waals surface area contributed by atoms with E-state index in [1.807, 2.05) is 19.9 Å². The number of rotatable bonds is 15. The summed E-state index contributed by atoms with van der Waals surface area (Å²) in [6, 6.07) is -11.0. The van der Waals surface area contributed by atoms with Crippen molar-refractivity contribution in [3.05, 3.63) is 12.2 Å². The van der Waals surface area contributed by atoms with Gasteiger partial charge in [-0.15, -0.1) is 0 Å². The molecule has 12 atom stereocenters. The number of hydrogen-bond acceptors (Lipinski definition) is 14. The standard InChI is InChI=1S/C77H123F5N12O14/c1-16-47(6)64-72(104)87(10)42-62(97)88(11)55-27-21-20-24-34-93(71(55)103)58(37-48-30-28-46(5)29-31-48)69(101)86(9)41-60(95)83-54(33-32-49-35-52(78)63(53(79)36-49)77(80,81)82)68(100)94-40-51(108-19-4)38-56(94)67(99)85-76(44-75(7,8)45-76)74(106)91(14)65(50-25-22-23-26-50)73(105)90(13)57(70(102)92(17-2)18-3)39-61(96)89(12)59(43-107-15)66(98)84-64/h20-21,46-59,63-65H,16-19,22-45H2,1-15H3,(H,83,95)(H,84,98)(H,85,99)/b21-20-/t46?,47-,48?,49?,51+,52?,53?,54-,55-,56-,57-,58-,59-,63?,64-,65-/m0/s1. The van der Waals surface area contributed by atoms with Crippen LogP contribution in [0.3, 0.4) is 0 Å². The van der Waals surface area contributed by atoms with E-state index in [2.05, 4.69) is 22.9 Å². The fourth-order valence-corrected chi connectivity index (χ4v) is 17.9. The molecule has 4 aliphatic carbocycles. The van der Waals surface area contributed by atoms with Gasteiger partial charge in [0.25, 0.3) is 0 Å². The Bertz CT molecular complexity index is 3200. The van der Waals surface area contributed by atoms with E-state index in [0.29, 0.717) is 44.4 Å². The second kappa shape index (κ2) is 38.3. The number of halogens is 5. The SMILES string of the molecule is CCO[C@@H]1C[C@H]2C(=O)NC3(CC(C)(C)C3)C(=O)N(C)[C@@H](C3CCCC3)C(=O)N(C)[C@H](C(=O)N(CC)CC)CC(=O)N(C)[C@@H](COC)C(=O)N[C@@H]([C@@H](C)CC)C(=O)N(C)CC(=O)N(C)[C@H]3C/C=C\CCN(C3=O)[C@@H](CC3CCC(C)CC3)C(=O)N(C)CC(=O)N[C@@H](CCC3CC(F)C(C(F)(F)F)C(F)C3)C(=O)N2C1. The predicted octanol–water partition coefficient (Wildman–Crippen LogP) is 5.83. The molecule has 610 valence electrons. The molecule has 0 aromatic rings. The van der Waals surface area contributed by atoms with Gasteiger partial charge in [0.1, 0.15) is 72.1 Å². The molecule has 108 heavy (non-hydrogen) atoms. The molecule has 3 N–H and O–H groups in total. The minimum Gasteiger partial charge on any atom is -0.382 e. The Kier molecular flexibility index (Phi) is 31.2. The van der Waals surface area contributed by atoms with Crippen LogP contribution in [-0.4, -0.2) is 295 Å². The first-order chi connectivity index (χ1) is 50.8. The van der Waals surface area contributed by atoms with Gasteiger partial charge >= 0.3 is 6.18 Å². The van der Waals surface area contributed by atoms with Crippen LogP contribution in [0.25, 0.3) is 0 Å². The van der Waals surface area contributed by atoms with E-state index in [1.54, 1.807) is 40.7 Å². The minimum atomic E-state index is -5.18. The second-order valence-corrected chi connectivity index (χ2v) is 32.8. The van der Waals surface area contributed by atoms with E-state index >= 15 is 37.5 Å². The van der Waals surface area contributed by atoms with Crippen molar-refractivity contribution in [1.82, 2.24) is 60.0 Å². The highest BCUT2D eigenvalue weighted by Gasteiger charge is 2.60. The maximum Gasteiger partial charge on any atom is 0.397 e. The number of ether oxygens (including phenoxy) is 2. The van der Waals surface area contributed by atoms with Crippen molar-refractivity contribution in [1.29, 1.82) is 0 Å². The molecule has 3 aliphatic heterocycles. The van der Waals surface area contributed by atoms with Crippen LogP contribution in [0.1, 0.15) is 184 Å². The first-order valence-electron chi connectivity index (χ1n) is 39.3. The Labute approximate surface area is 634 Å². The quantitative estimate of drug-likeness (QED) is 0.129. The topological polar surface area (TPSA) is 289 Å². The highest BCUT2D eigenvalue weighted by Crippen LogP contribution is 2.50. The van der Waals surface area contributed by atoms with Gasteiger partial charge in [0.05, 0.1) is 32.2 Å². The number of fused-ring (bicyclic) bond motifs is 3. The van der Waals surface area contributed by atoms with Crippen molar-refractivity contribution in [2.24, 2.45) is 40.9 Å². The summed E-state index contributed by atoms with van der Waals surface area (Å²) < 4.78 is 84.7. The predicted molar refractivity (Wildman–Crippen MR) is 392 cm³/mol. The third kappa shape index (κ3) is 21.1. The van der Waals surface area contributed by atoms with Gasteiger partial charge in [-0.2, -0.15) is 13.2 Å². The normalized spacial score (nSPS) is 32.3. The average Bonchev–Trinajstić information content (AvgIpc) is 0.917. The number of nitrogens with one attached hydrogen (secondary N) is 3. The third-order valence-electron chi connectivity index (χ3n) is 24.4. The van der Waals surface area contributed by atoms with Gasteiger partial charge in [0.15, 0.2) is 0 Å². The van der Waals surface area contributed by atoms with Crippen LogP contribution < -0.4 is 16.0 Å². The zero-order valence-corrected chi connectivity index (χ0v) is 66.4.